The summed E-state index contributed by atoms with van der Waals surface area (Å²) in [6.07, 6.45) is 1.56. The number of nitrogens with two attached hydrogens (primary N) is 1. The third-order valence-corrected chi connectivity index (χ3v) is 4.04. The number of hydrogen-bond donors (Lipinski definition) is 1. The summed E-state index contributed by atoms with van der Waals surface area (Å²) in [6.45, 7) is 0.358. The molecule has 104 valence electrons. The average molecular weight is 306 g/mol. The van der Waals surface area contributed by atoms with Gasteiger partial charge in [-0.2, -0.15) is 0 Å². The molecule has 2 N–H and O–H groups in total. The number of nitrogens with zero attached hydrogens (tertiary/aromatic N) is 2. The van der Waals surface area contributed by atoms with Crippen LogP contribution < -0.4 is 5.73 Å². The maximum absolute atomic E-state index is 13.4. The van der Waals surface area contributed by atoms with Crippen LogP contribution in [0.2, 0.25) is 5.02 Å². The van der Waals surface area contributed by atoms with Crippen molar-refractivity contribution in [2.75, 3.05) is 17.7 Å². The number of benzene rings is 1. The van der Waals surface area contributed by atoms with Gasteiger partial charge in [-0.25, -0.2) is 17.8 Å². The third kappa shape index (κ3) is 3.16. The molecule has 1 heterocycles. The van der Waals surface area contributed by atoms with Crippen molar-refractivity contribution in [1.82, 2.24) is 9.55 Å². The van der Waals surface area contributed by atoms with E-state index in [0.29, 0.717) is 24.0 Å². The van der Waals surface area contributed by atoms with Crippen molar-refractivity contribution in [3.05, 3.63) is 23.0 Å². The molecule has 0 saturated carbocycles. The third-order valence-electron chi connectivity index (χ3n) is 2.72. The van der Waals surface area contributed by atoms with Crippen LogP contribution in [0.5, 0.6) is 0 Å². The van der Waals surface area contributed by atoms with E-state index in [2.05, 4.69) is 4.98 Å². The topological polar surface area (TPSA) is 78.0 Å². The van der Waals surface area contributed by atoms with Gasteiger partial charge >= 0.3 is 0 Å². The maximum Gasteiger partial charge on any atom is 0.201 e. The molecule has 0 unspecified atom stereocenters. The van der Waals surface area contributed by atoms with Gasteiger partial charge < -0.3 is 10.3 Å². The molecule has 0 spiro atoms. The van der Waals surface area contributed by atoms with Gasteiger partial charge in [-0.15, -0.1) is 0 Å². The minimum Gasteiger partial charge on any atom is -0.369 e. The number of imidazole rings is 1. The molecular formula is C11H13ClFN3O2S. The van der Waals surface area contributed by atoms with Crippen LogP contribution in [-0.4, -0.2) is 30.0 Å². The highest BCUT2D eigenvalue weighted by atomic mass is 35.5. The number of aromatic nitrogens is 2. The Morgan fingerprint density at radius 2 is 2.16 bits per heavy atom. The predicted octanol–water partition coefficient (Wildman–Crippen LogP) is 1.85. The Labute approximate surface area is 115 Å². The standard InChI is InChI=1S/C11H13ClFN3O2S/c1-19(17,18)4-2-3-16-10-6-8(13)7(12)5-9(10)15-11(16)14/h5-6H,2-4H2,1H3,(H2,14,15). The van der Waals surface area contributed by atoms with Crippen molar-refractivity contribution in [3.8, 4) is 0 Å². The molecule has 0 radical (unpaired) electrons. The zero-order valence-electron chi connectivity index (χ0n) is 10.2. The number of anilines is 1. The molecule has 0 amide bonds. The van der Waals surface area contributed by atoms with Gasteiger partial charge in [-0.05, 0) is 12.5 Å². The first-order chi connectivity index (χ1) is 8.78. The van der Waals surface area contributed by atoms with Crippen LogP contribution in [-0.2, 0) is 16.4 Å². The SMILES string of the molecule is CS(=O)(=O)CCCn1c(N)nc2cc(Cl)c(F)cc21. The molecule has 0 atom stereocenters. The van der Waals surface area contributed by atoms with E-state index < -0.39 is 15.7 Å². The van der Waals surface area contributed by atoms with E-state index in [1.165, 1.54) is 18.4 Å². The van der Waals surface area contributed by atoms with Crippen molar-refractivity contribution in [1.29, 1.82) is 0 Å². The summed E-state index contributed by atoms with van der Waals surface area (Å²) in [5, 5.41) is -0.0201. The lowest BCUT2D eigenvalue weighted by Crippen LogP contribution is -2.09. The molecule has 19 heavy (non-hydrogen) atoms. The molecule has 0 aliphatic rings. The van der Waals surface area contributed by atoms with Crippen molar-refractivity contribution in [3.63, 3.8) is 0 Å². The van der Waals surface area contributed by atoms with E-state index in [4.69, 9.17) is 17.3 Å². The molecular weight excluding hydrogens is 293 g/mol. The van der Waals surface area contributed by atoms with E-state index >= 15 is 0 Å². The van der Waals surface area contributed by atoms with Gasteiger partial charge in [-0.3, -0.25) is 0 Å². The Balaban J connectivity index is 2.32. The van der Waals surface area contributed by atoms with Crippen LogP contribution in [0, 0.1) is 5.82 Å². The van der Waals surface area contributed by atoms with Gasteiger partial charge in [0.2, 0.25) is 5.95 Å². The predicted molar refractivity (Wildman–Crippen MR) is 73.4 cm³/mol. The van der Waals surface area contributed by atoms with Gasteiger partial charge in [0, 0.05) is 18.9 Å². The second-order valence-electron chi connectivity index (χ2n) is 4.36. The first-order valence-corrected chi connectivity index (χ1v) is 8.00. The lowest BCUT2D eigenvalue weighted by Gasteiger charge is -2.06. The van der Waals surface area contributed by atoms with E-state index in [0.717, 1.165) is 0 Å². The monoisotopic (exact) mass is 305 g/mol. The highest BCUT2D eigenvalue weighted by molar-refractivity contribution is 7.90. The number of sulfone groups is 1. The fourth-order valence-corrected chi connectivity index (χ4v) is 2.67. The molecule has 5 nitrogen and oxygen atoms in total. The van der Waals surface area contributed by atoms with Crippen LogP contribution in [0.15, 0.2) is 12.1 Å². The van der Waals surface area contributed by atoms with Crippen molar-refractivity contribution < 1.29 is 12.8 Å². The summed E-state index contributed by atoms with van der Waals surface area (Å²) >= 11 is 5.67. The van der Waals surface area contributed by atoms with Gasteiger partial charge in [0.25, 0.3) is 0 Å². The summed E-state index contributed by atoms with van der Waals surface area (Å²) in [6, 6.07) is 2.65. The molecule has 0 aliphatic carbocycles. The Kier molecular flexibility index (Phi) is 3.69. The summed E-state index contributed by atoms with van der Waals surface area (Å²) in [4.78, 5) is 4.07. The summed E-state index contributed by atoms with van der Waals surface area (Å²) in [7, 11) is -3.03. The Morgan fingerprint density at radius 3 is 2.79 bits per heavy atom. The minimum absolute atomic E-state index is 0.0201. The number of aryl methyl sites for hydroxylation is 1. The summed E-state index contributed by atoms with van der Waals surface area (Å²) in [5.74, 6) is -0.300. The number of halogens is 2. The van der Waals surface area contributed by atoms with Crippen LogP contribution in [0.4, 0.5) is 10.3 Å². The molecule has 8 heteroatoms. The zero-order valence-corrected chi connectivity index (χ0v) is 11.8. The summed E-state index contributed by atoms with van der Waals surface area (Å²) in [5.41, 5.74) is 6.74. The van der Waals surface area contributed by atoms with Gasteiger partial charge in [0.15, 0.2) is 0 Å². The average Bonchev–Trinajstić information content (AvgIpc) is 2.55. The summed E-state index contributed by atoms with van der Waals surface area (Å²) < 4.78 is 37.2. The quantitative estimate of drug-likeness (QED) is 0.935. The van der Waals surface area contributed by atoms with E-state index in [1.807, 2.05) is 0 Å². The molecule has 0 fully saturated rings. The lowest BCUT2D eigenvalue weighted by molar-refractivity contribution is 0.593. The van der Waals surface area contributed by atoms with Crippen LogP contribution in [0.3, 0.4) is 0 Å². The highest BCUT2D eigenvalue weighted by Crippen LogP contribution is 2.24. The number of fused-ring (bicyclic) bond motifs is 1. The first kappa shape index (κ1) is 14.1. The highest BCUT2D eigenvalue weighted by Gasteiger charge is 2.12. The normalized spacial score (nSPS) is 12.2. The van der Waals surface area contributed by atoms with Gasteiger partial charge in [-0.1, -0.05) is 11.6 Å². The van der Waals surface area contributed by atoms with Gasteiger partial charge in [0.1, 0.15) is 15.7 Å². The number of nitrogen functional groups attached to an aromatic ring is 1. The molecule has 0 saturated heterocycles. The fourth-order valence-electron chi connectivity index (χ4n) is 1.86. The van der Waals surface area contributed by atoms with E-state index in [-0.39, 0.29) is 16.7 Å². The fraction of sp³-hybridized carbons (Fsp3) is 0.364. The smallest absolute Gasteiger partial charge is 0.201 e. The van der Waals surface area contributed by atoms with Crippen LogP contribution in [0.25, 0.3) is 11.0 Å². The molecule has 1 aromatic carbocycles. The second kappa shape index (κ2) is 4.97. The lowest BCUT2D eigenvalue weighted by atomic mass is 10.3. The van der Waals surface area contributed by atoms with Crippen LogP contribution in [0.1, 0.15) is 6.42 Å². The Bertz CT molecular complexity index is 727. The van der Waals surface area contributed by atoms with Crippen molar-refractivity contribution in [2.24, 2.45) is 0 Å². The molecule has 1 aromatic heterocycles. The molecule has 0 aliphatic heterocycles. The minimum atomic E-state index is -3.03. The maximum atomic E-state index is 13.4. The van der Waals surface area contributed by atoms with Crippen molar-refractivity contribution >= 4 is 38.4 Å². The number of hydrogen-bond acceptors (Lipinski definition) is 4. The van der Waals surface area contributed by atoms with E-state index in [1.54, 1.807) is 4.57 Å². The van der Waals surface area contributed by atoms with Crippen LogP contribution >= 0.6 is 11.6 Å². The Hall–Kier alpha value is -1.34. The van der Waals surface area contributed by atoms with E-state index in [9.17, 15) is 12.8 Å². The van der Waals surface area contributed by atoms with Gasteiger partial charge in [0.05, 0.1) is 21.8 Å². The molecule has 2 aromatic rings. The Morgan fingerprint density at radius 1 is 1.47 bits per heavy atom. The molecule has 2 rings (SSSR count). The largest absolute Gasteiger partial charge is 0.369 e. The number of rotatable bonds is 4. The zero-order chi connectivity index (χ0) is 14.2. The second-order valence-corrected chi connectivity index (χ2v) is 7.03. The molecule has 0 bridgehead atoms. The first-order valence-electron chi connectivity index (χ1n) is 5.56. The van der Waals surface area contributed by atoms with Crippen molar-refractivity contribution in [2.45, 2.75) is 13.0 Å².